The molecular formula is C16H27N3S. The summed E-state index contributed by atoms with van der Waals surface area (Å²) in [4.78, 5) is 0. The molecule has 3 nitrogen and oxygen atoms in total. The summed E-state index contributed by atoms with van der Waals surface area (Å²) in [5.74, 6) is 0.957. The van der Waals surface area contributed by atoms with Crippen LogP contribution in [0.15, 0.2) is 0 Å². The summed E-state index contributed by atoms with van der Waals surface area (Å²) in [6, 6.07) is 0.829. The molecule has 0 saturated heterocycles. The monoisotopic (exact) mass is 293 g/mol. The number of aromatic nitrogens is 2. The van der Waals surface area contributed by atoms with Crippen LogP contribution in [0, 0.1) is 5.92 Å². The van der Waals surface area contributed by atoms with Crippen LogP contribution in [0.1, 0.15) is 67.8 Å². The largest absolute Gasteiger partial charge is 0.314 e. The van der Waals surface area contributed by atoms with Gasteiger partial charge in [0.25, 0.3) is 0 Å². The highest BCUT2D eigenvalue weighted by Crippen LogP contribution is 2.28. The van der Waals surface area contributed by atoms with Gasteiger partial charge in [0, 0.05) is 18.9 Å². The lowest BCUT2D eigenvalue weighted by atomic mass is 9.86. The maximum Gasteiger partial charge on any atom is 0.117 e. The van der Waals surface area contributed by atoms with Crippen LogP contribution in [0.5, 0.6) is 0 Å². The summed E-state index contributed by atoms with van der Waals surface area (Å²) in [6.07, 6.45) is 14.8. The van der Waals surface area contributed by atoms with Crippen LogP contribution in [-0.4, -0.2) is 22.8 Å². The first-order chi connectivity index (χ1) is 9.90. The van der Waals surface area contributed by atoms with Gasteiger partial charge < -0.3 is 5.32 Å². The van der Waals surface area contributed by atoms with Gasteiger partial charge in [0.1, 0.15) is 10.0 Å². The molecule has 1 heterocycles. The number of hydrogen-bond donors (Lipinski definition) is 1. The van der Waals surface area contributed by atoms with E-state index in [0.717, 1.165) is 31.3 Å². The van der Waals surface area contributed by atoms with E-state index in [4.69, 9.17) is 0 Å². The number of hydrogen-bond acceptors (Lipinski definition) is 4. The number of nitrogens with one attached hydrogen (secondary N) is 1. The smallest absolute Gasteiger partial charge is 0.117 e. The average molecular weight is 293 g/mol. The second-order valence-corrected chi connectivity index (χ2v) is 7.61. The Bertz CT molecular complexity index is 394. The normalized spacial score (nSPS) is 20.4. The summed E-state index contributed by atoms with van der Waals surface area (Å²) >= 11 is 1.85. The second kappa shape index (κ2) is 7.51. The average Bonchev–Trinajstić information content (AvgIpc) is 3.21. The first kappa shape index (κ1) is 14.5. The summed E-state index contributed by atoms with van der Waals surface area (Å²) in [7, 11) is 0. The van der Waals surface area contributed by atoms with Crippen molar-refractivity contribution in [3.63, 3.8) is 0 Å². The summed E-state index contributed by atoms with van der Waals surface area (Å²) in [6.45, 7) is 1.14. The molecule has 2 fully saturated rings. The topological polar surface area (TPSA) is 37.8 Å². The van der Waals surface area contributed by atoms with Crippen molar-refractivity contribution >= 4 is 11.3 Å². The van der Waals surface area contributed by atoms with Crippen LogP contribution in [-0.2, 0) is 12.8 Å². The van der Waals surface area contributed by atoms with Crippen molar-refractivity contribution in [2.75, 3.05) is 6.54 Å². The molecule has 0 atom stereocenters. The molecule has 4 heteroatoms. The van der Waals surface area contributed by atoms with E-state index in [1.165, 1.54) is 67.8 Å². The van der Waals surface area contributed by atoms with Gasteiger partial charge in [-0.25, -0.2) is 0 Å². The molecular weight excluding hydrogens is 266 g/mol. The lowest BCUT2D eigenvalue weighted by molar-refractivity contribution is 0.339. The fourth-order valence-corrected chi connectivity index (χ4v) is 4.03. The summed E-state index contributed by atoms with van der Waals surface area (Å²) in [5.41, 5.74) is 0. The molecule has 0 unspecified atom stereocenters. The van der Waals surface area contributed by atoms with Crippen LogP contribution in [0.2, 0.25) is 0 Å². The molecule has 1 aromatic rings. The molecule has 0 aromatic carbocycles. The minimum Gasteiger partial charge on any atom is -0.314 e. The molecule has 2 aliphatic carbocycles. The van der Waals surface area contributed by atoms with E-state index in [0.29, 0.717) is 0 Å². The van der Waals surface area contributed by atoms with Crippen molar-refractivity contribution < 1.29 is 0 Å². The highest BCUT2D eigenvalue weighted by molar-refractivity contribution is 7.11. The van der Waals surface area contributed by atoms with Crippen molar-refractivity contribution in [1.82, 2.24) is 15.5 Å². The van der Waals surface area contributed by atoms with Crippen molar-refractivity contribution in [1.29, 1.82) is 0 Å². The maximum absolute atomic E-state index is 4.37. The van der Waals surface area contributed by atoms with Crippen LogP contribution < -0.4 is 5.32 Å². The summed E-state index contributed by atoms with van der Waals surface area (Å²) < 4.78 is 0. The first-order valence-corrected chi connectivity index (χ1v) is 9.26. The third-order valence-electron chi connectivity index (χ3n) is 4.58. The molecule has 112 valence electrons. The van der Waals surface area contributed by atoms with Crippen molar-refractivity contribution in [3.8, 4) is 0 Å². The zero-order valence-corrected chi connectivity index (χ0v) is 13.3. The predicted molar refractivity (Wildman–Crippen MR) is 84.2 cm³/mol. The number of aryl methyl sites for hydroxylation is 2. The van der Waals surface area contributed by atoms with Crippen LogP contribution in [0.4, 0.5) is 0 Å². The van der Waals surface area contributed by atoms with E-state index in [-0.39, 0.29) is 0 Å². The number of rotatable bonds is 8. The number of nitrogens with zero attached hydrogens (tertiary/aromatic N) is 2. The highest BCUT2D eigenvalue weighted by atomic mass is 32.1. The Kier molecular flexibility index (Phi) is 5.43. The van der Waals surface area contributed by atoms with Gasteiger partial charge in [-0.2, -0.15) is 0 Å². The van der Waals surface area contributed by atoms with Gasteiger partial charge in [0.05, 0.1) is 0 Å². The Labute approximate surface area is 126 Å². The SMILES string of the molecule is C1CCC(CCc2nnc(CCCNC3CC3)s2)CC1. The molecule has 2 saturated carbocycles. The van der Waals surface area contributed by atoms with Crippen LogP contribution in [0.3, 0.4) is 0 Å². The van der Waals surface area contributed by atoms with Crippen molar-refractivity contribution in [2.45, 2.75) is 76.7 Å². The Morgan fingerprint density at radius 1 is 0.950 bits per heavy atom. The molecule has 0 amide bonds. The summed E-state index contributed by atoms with van der Waals surface area (Å²) in [5, 5.41) is 14.8. The van der Waals surface area contributed by atoms with Crippen molar-refractivity contribution in [2.24, 2.45) is 5.92 Å². The molecule has 2 aliphatic rings. The van der Waals surface area contributed by atoms with Crippen molar-refractivity contribution in [3.05, 3.63) is 10.0 Å². The minimum atomic E-state index is 0.829. The standard InChI is InChI=1S/C16H27N3S/c1-2-5-13(6-3-1)8-11-16-19-18-15(20-16)7-4-12-17-14-9-10-14/h13-14,17H,1-12H2. The lowest BCUT2D eigenvalue weighted by Gasteiger charge is -2.20. The van der Waals surface area contributed by atoms with E-state index in [1.807, 2.05) is 11.3 Å². The van der Waals surface area contributed by atoms with E-state index in [9.17, 15) is 0 Å². The van der Waals surface area contributed by atoms with Gasteiger partial charge in [0.2, 0.25) is 0 Å². The Morgan fingerprint density at radius 2 is 1.70 bits per heavy atom. The quantitative estimate of drug-likeness (QED) is 0.742. The lowest BCUT2D eigenvalue weighted by Crippen LogP contribution is -2.17. The van der Waals surface area contributed by atoms with Gasteiger partial charge in [-0.1, -0.05) is 32.1 Å². The fourth-order valence-electron chi connectivity index (χ4n) is 3.13. The molecule has 1 aromatic heterocycles. The predicted octanol–water partition coefficient (Wildman–Crippen LogP) is 3.74. The van der Waals surface area contributed by atoms with Gasteiger partial charge in [0.15, 0.2) is 0 Å². The van der Waals surface area contributed by atoms with Gasteiger partial charge in [-0.05, 0) is 38.1 Å². The molecule has 0 spiro atoms. The maximum atomic E-state index is 4.37. The Hall–Kier alpha value is -0.480. The minimum absolute atomic E-state index is 0.829. The molecule has 0 radical (unpaired) electrons. The molecule has 0 bridgehead atoms. The van der Waals surface area contributed by atoms with E-state index in [2.05, 4.69) is 15.5 Å². The van der Waals surface area contributed by atoms with Gasteiger partial charge >= 0.3 is 0 Å². The fraction of sp³-hybridized carbons (Fsp3) is 0.875. The van der Waals surface area contributed by atoms with E-state index < -0.39 is 0 Å². The molecule has 3 rings (SSSR count). The Balaban J connectivity index is 1.32. The second-order valence-electron chi connectivity index (χ2n) is 6.46. The molecule has 1 N–H and O–H groups in total. The Morgan fingerprint density at radius 3 is 2.45 bits per heavy atom. The molecule has 0 aliphatic heterocycles. The van der Waals surface area contributed by atoms with Gasteiger partial charge in [-0.15, -0.1) is 21.5 Å². The first-order valence-electron chi connectivity index (χ1n) is 8.45. The molecule has 20 heavy (non-hydrogen) atoms. The van der Waals surface area contributed by atoms with Crippen LogP contribution in [0.25, 0.3) is 0 Å². The van der Waals surface area contributed by atoms with E-state index in [1.54, 1.807) is 0 Å². The zero-order valence-electron chi connectivity index (χ0n) is 12.4. The van der Waals surface area contributed by atoms with Crippen LogP contribution >= 0.6 is 11.3 Å². The zero-order chi connectivity index (χ0) is 13.6. The third-order valence-corrected chi connectivity index (χ3v) is 5.62. The third kappa shape index (κ3) is 4.81. The highest BCUT2D eigenvalue weighted by Gasteiger charge is 2.19. The van der Waals surface area contributed by atoms with E-state index >= 15 is 0 Å². The van der Waals surface area contributed by atoms with Gasteiger partial charge in [-0.3, -0.25) is 0 Å².